The van der Waals surface area contributed by atoms with Gasteiger partial charge in [0.1, 0.15) is 18.0 Å². The molecule has 0 spiro atoms. The molecule has 1 heterocycles. The summed E-state index contributed by atoms with van der Waals surface area (Å²) in [5.74, 6) is 0.158. The van der Waals surface area contributed by atoms with E-state index in [0.717, 1.165) is 5.56 Å². The third-order valence-electron chi connectivity index (χ3n) is 5.56. The number of urea groups is 1. The number of rotatable bonds is 7. The number of anilines is 1. The maximum Gasteiger partial charge on any atom is 0.334 e. The quantitative estimate of drug-likeness (QED) is 0.632. The number of aryl methyl sites for hydroxylation is 1. The van der Waals surface area contributed by atoms with Crippen molar-refractivity contribution in [2.24, 2.45) is 0 Å². The number of nitrogens with zero attached hydrogens (tertiary/aromatic N) is 3. The van der Waals surface area contributed by atoms with Crippen molar-refractivity contribution in [2.45, 2.75) is 11.8 Å². The van der Waals surface area contributed by atoms with Gasteiger partial charge in [0.15, 0.2) is 0 Å². The monoisotopic (exact) mass is 490 g/mol. The van der Waals surface area contributed by atoms with E-state index < -0.39 is 28.5 Å². The van der Waals surface area contributed by atoms with E-state index in [1.165, 1.54) is 31.3 Å². The Morgan fingerprint density at radius 1 is 1.00 bits per heavy atom. The van der Waals surface area contributed by atoms with Crippen molar-refractivity contribution in [3.63, 3.8) is 0 Å². The van der Waals surface area contributed by atoms with Crippen molar-refractivity contribution < 1.29 is 27.5 Å². The van der Waals surface area contributed by atoms with Crippen LogP contribution in [0.4, 0.5) is 10.5 Å². The van der Waals surface area contributed by atoms with Crippen LogP contribution in [0.1, 0.15) is 5.56 Å². The van der Waals surface area contributed by atoms with Gasteiger partial charge in [-0.3, -0.25) is 4.79 Å². The Kier molecular flexibility index (Phi) is 8.00. The number of nitrogens with one attached hydrogen (secondary N) is 1. The van der Waals surface area contributed by atoms with E-state index in [4.69, 9.17) is 9.47 Å². The largest absolute Gasteiger partial charge is 0.497 e. The molecule has 11 heteroatoms. The molecule has 1 aliphatic heterocycles. The van der Waals surface area contributed by atoms with E-state index in [2.05, 4.69) is 5.32 Å². The summed E-state index contributed by atoms with van der Waals surface area (Å²) in [6.45, 7) is 3.08. The average molecular weight is 491 g/mol. The number of ether oxygens (including phenoxy) is 2. The minimum absolute atomic E-state index is 0.0626. The van der Waals surface area contributed by atoms with Gasteiger partial charge in [-0.05, 0) is 38.2 Å². The van der Waals surface area contributed by atoms with Crippen LogP contribution in [0, 0.1) is 6.92 Å². The van der Waals surface area contributed by atoms with Gasteiger partial charge in [-0.15, -0.1) is 0 Å². The Bertz CT molecular complexity index is 1130. The lowest BCUT2D eigenvalue weighted by Gasteiger charge is -2.35. The number of piperazine rings is 1. The second-order valence-electron chi connectivity index (χ2n) is 8.01. The van der Waals surface area contributed by atoms with E-state index in [-0.39, 0.29) is 4.90 Å². The molecule has 1 saturated heterocycles. The summed E-state index contributed by atoms with van der Waals surface area (Å²) < 4.78 is 38.0. The second-order valence-corrected chi connectivity index (χ2v) is 9.87. The van der Waals surface area contributed by atoms with Gasteiger partial charge >= 0.3 is 6.03 Å². The number of likely N-dealkylation sites (N-methyl/N-ethyl adjacent to an activating group) is 1. The number of carbonyl (C=O) groups is 2. The SMILES string of the molecule is COc1ccc(OC)c(NC(=O)CN(C(=O)N2CCN(C)CC2)S(=O)(=O)c2ccc(C)cc2)c1. The van der Waals surface area contributed by atoms with E-state index in [0.29, 0.717) is 47.7 Å². The van der Waals surface area contributed by atoms with E-state index >= 15 is 0 Å². The Balaban J connectivity index is 1.90. The van der Waals surface area contributed by atoms with E-state index in [9.17, 15) is 18.0 Å². The van der Waals surface area contributed by atoms with Crippen LogP contribution in [0.3, 0.4) is 0 Å². The minimum atomic E-state index is -4.28. The average Bonchev–Trinajstić information content (AvgIpc) is 2.82. The zero-order valence-electron chi connectivity index (χ0n) is 19.8. The van der Waals surface area contributed by atoms with Crippen LogP contribution in [-0.2, 0) is 14.8 Å². The summed E-state index contributed by atoms with van der Waals surface area (Å²) in [5, 5.41) is 2.64. The molecule has 184 valence electrons. The lowest BCUT2D eigenvalue weighted by Crippen LogP contribution is -2.54. The zero-order valence-corrected chi connectivity index (χ0v) is 20.6. The van der Waals surface area contributed by atoms with Crippen LogP contribution in [0.2, 0.25) is 0 Å². The predicted octanol–water partition coefficient (Wildman–Crippen LogP) is 2.01. The molecular weight excluding hydrogens is 460 g/mol. The number of carbonyl (C=O) groups excluding carboxylic acids is 2. The standard InChI is InChI=1S/C23H30N4O6S/c1-17-5-8-19(9-6-17)34(30,31)27(23(29)26-13-11-25(2)12-14-26)16-22(28)24-20-15-18(32-3)7-10-21(20)33-4/h5-10,15H,11-14,16H2,1-4H3,(H,24,28). The molecule has 0 aromatic heterocycles. The van der Waals surface area contributed by atoms with Gasteiger partial charge in [-0.25, -0.2) is 17.5 Å². The third-order valence-corrected chi connectivity index (χ3v) is 7.30. The molecule has 0 unspecified atom stereocenters. The van der Waals surface area contributed by atoms with Crippen molar-refractivity contribution in [3.05, 3.63) is 48.0 Å². The van der Waals surface area contributed by atoms with E-state index in [1.54, 1.807) is 30.3 Å². The lowest BCUT2D eigenvalue weighted by molar-refractivity contribution is -0.116. The Hall–Kier alpha value is -3.31. The summed E-state index contributed by atoms with van der Waals surface area (Å²) in [7, 11) is 0.575. The highest BCUT2D eigenvalue weighted by atomic mass is 32.2. The van der Waals surface area contributed by atoms with Gasteiger partial charge in [0.25, 0.3) is 10.0 Å². The Morgan fingerprint density at radius 2 is 1.65 bits per heavy atom. The maximum atomic E-state index is 13.4. The minimum Gasteiger partial charge on any atom is -0.497 e. The van der Waals surface area contributed by atoms with Gasteiger partial charge in [0, 0.05) is 32.2 Å². The van der Waals surface area contributed by atoms with Crippen molar-refractivity contribution in [2.75, 3.05) is 59.3 Å². The molecule has 10 nitrogen and oxygen atoms in total. The first-order chi connectivity index (χ1) is 16.1. The molecule has 2 aromatic rings. The second kappa shape index (κ2) is 10.7. The van der Waals surface area contributed by atoms with Crippen LogP contribution in [-0.4, -0.2) is 88.5 Å². The molecule has 34 heavy (non-hydrogen) atoms. The number of sulfonamides is 1. The number of benzene rings is 2. The van der Waals surface area contributed by atoms with Crippen molar-refractivity contribution in [1.29, 1.82) is 0 Å². The van der Waals surface area contributed by atoms with Crippen LogP contribution >= 0.6 is 0 Å². The molecule has 0 aliphatic carbocycles. The summed E-state index contributed by atoms with van der Waals surface area (Å²) in [6.07, 6.45) is 0. The Morgan fingerprint density at radius 3 is 2.24 bits per heavy atom. The first-order valence-corrected chi connectivity index (χ1v) is 12.2. The van der Waals surface area contributed by atoms with Crippen LogP contribution in [0.5, 0.6) is 11.5 Å². The van der Waals surface area contributed by atoms with Gasteiger partial charge in [0.05, 0.1) is 24.8 Å². The number of amides is 3. The van der Waals surface area contributed by atoms with Crippen LogP contribution < -0.4 is 14.8 Å². The normalized spacial score (nSPS) is 14.4. The fourth-order valence-electron chi connectivity index (χ4n) is 3.48. The summed E-state index contributed by atoms with van der Waals surface area (Å²) in [5.41, 5.74) is 1.17. The first-order valence-electron chi connectivity index (χ1n) is 10.7. The molecule has 0 radical (unpaired) electrons. The predicted molar refractivity (Wildman–Crippen MR) is 128 cm³/mol. The number of hydrogen-bond acceptors (Lipinski definition) is 7. The summed E-state index contributed by atoms with van der Waals surface area (Å²) >= 11 is 0. The summed E-state index contributed by atoms with van der Waals surface area (Å²) in [6, 6.07) is 10.2. The van der Waals surface area contributed by atoms with Gasteiger partial charge in [0.2, 0.25) is 5.91 Å². The zero-order chi connectivity index (χ0) is 24.9. The van der Waals surface area contributed by atoms with Crippen molar-refractivity contribution >= 4 is 27.6 Å². The first kappa shape index (κ1) is 25.3. The highest BCUT2D eigenvalue weighted by molar-refractivity contribution is 7.89. The smallest absolute Gasteiger partial charge is 0.334 e. The highest BCUT2D eigenvalue weighted by Crippen LogP contribution is 2.29. The van der Waals surface area contributed by atoms with E-state index in [1.807, 2.05) is 18.9 Å². The maximum absolute atomic E-state index is 13.4. The highest BCUT2D eigenvalue weighted by Gasteiger charge is 2.35. The lowest BCUT2D eigenvalue weighted by atomic mass is 10.2. The fraction of sp³-hybridized carbons (Fsp3) is 0.391. The molecule has 3 amide bonds. The molecule has 1 aliphatic rings. The summed E-state index contributed by atoms with van der Waals surface area (Å²) in [4.78, 5) is 29.7. The van der Waals surface area contributed by atoms with Gasteiger partial charge in [-0.2, -0.15) is 0 Å². The van der Waals surface area contributed by atoms with Crippen LogP contribution in [0.15, 0.2) is 47.4 Å². The molecule has 0 atom stereocenters. The molecule has 2 aromatic carbocycles. The molecule has 1 N–H and O–H groups in total. The topological polar surface area (TPSA) is 108 Å². The third kappa shape index (κ3) is 5.78. The van der Waals surface area contributed by atoms with Gasteiger partial charge in [-0.1, -0.05) is 17.7 Å². The van der Waals surface area contributed by atoms with Crippen molar-refractivity contribution in [3.8, 4) is 11.5 Å². The molecule has 3 rings (SSSR count). The van der Waals surface area contributed by atoms with Gasteiger partial charge < -0.3 is 24.6 Å². The molecule has 1 fully saturated rings. The van der Waals surface area contributed by atoms with Crippen LogP contribution in [0.25, 0.3) is 0 Å². The Labute approximate surface area is 200 Å². The number of methoxy groups -OCH3 is 2. The molecule has 0 saturated carbocycles. The molecule has 0 bridgehead atoms. The fourth-order valence-corrected chi connectivity index (χ4v) is 4.82. The van der Waals surface area contributed by atoms with Crippen molar-refractivity contribution in [1.82, 2.24) is 14.1 Å². The molecular formula is C23H30N4O6S. The number of hydrogen-bond donors (Lipinski definition) is 1.